The third kappa shape index (κ3) is 2.46. The van der Waals surface area contributed by atoms with Crippen molar-refractivity contribution in [3.05, 3.63) is 28.6 Å². The molecule has 2 aromatic rings. The van der Waals surface area contributed by atoms with Gasteiger partial charge in [-0.25, -0.2) is 4.98 Å². The Labute approximate surface area is 116 Å². The van der Waals surface area contributed by atoms with E-state index in [1.165, 1.54) is 0 Å². The van der Waals surface area contributed by atoms with Gasteiger partial charge < -0.3 is 15.0 Å². The van der Waals surface area contributed by atoms with Crippen molar-refractivity contribution >= 4 is 16.9 Å². The SMILES string of the molecule is COc1ccc2nc(N3CCCNCC3)[nH]c(=O)c2c1. The molecule has 0 amide bonds. The standard InChI is InChI=1S/C14H18N4O2/c1-20-10-3-4-12-11(9-10)13(19)17-14(16-12)18-7-2-5-15-6-8-18/h3-4,9,15H,2,5-8H2,1H3,(H,16,17,19). The summed E-state index contributed by atoms with van der Waals surface area (Å²) in [5, 5.41) is 3.89. The summed E-state index contributed by atoms with van der Waals surface area (Å²) in [6, 6.07) is 5.36. The number of nitrogens with zero attached hydrogens (tertiary/aromatic N) is 2. The number of ether oxygens (including phenoxy) is 1. The summed E-state index contributed by atoms with van der Waals surface area (Å²) in [6.07, 6.45) is 1.05. The largest absolute Gasteiger partial charge is 0.497 e. The molecule has 6 heteroatoms. The van der Waals surface area contributed by atoms with Gasteiger partial charge in [0.1, 0.15) is 5.75 Å². The maximum atomic E-state index is 12.2. The van der Waals surface area contributed by atoms with Gasteiger partial charge >= 0.3 is 0 Å². The normalized spacial score (nSPS) is 16.1. The highest BCUT2D eigenvalue weighted by atomic mass is 16.5. The zero-order chi connectivity index (χ0) is 13.9. The second-order valence-corrected chi connectivity index (χ2v) is 4.86. The first-order valence-electron chi connectivity index (χ1n) is 6.81. The Kier molecular flexibility index (Phi) is 3.56. The first kappa shape index (κ1) is 12.9. The predicted octanol–water partition coefficient (Wildman–Crippen LogP) is 0.731. The fourth-order valence-corrected chi connectivity index (χ4v) is 2.44. The molecule has 20 heavy (non-hydrogen) atoms. The number of benzene rings is 1. The fourth-order valence-electron chi connectivity index (χ4n) is 2.44. The number of nitrogens with one attached hydrogen (secondary N) is 2. The van der Waals surface area contributed by atoms with Crippen LogP contribution in [0.1, 0.15) is 6.42 Å². The predicted molar refractivity (Wildman–Crippen MR) is 78.6 cm³/mol. The molecule has 0 saturated carbocycles. The van der Waals surface area contributed by atoms with Crippen molar-refractivity contribution in [3.63, 3.8) is 0 Å². The molecule has 6 nitrogen and oxygen atoms in total. The van der Waals surface area contributed by atoms with Gasteiger partial charge in [0.05, 0.1) is 18.0 Å². The van der Waals surface area contributed by atoms with Crippen LogP contribution in [0.3, 0.4) is 0 Å². The van der Waals surface area contributed by atoms with Gasteiger partial charge in [0, 0.05) is 19.6 Å². The smallest absolute Gasteiger partial charge is 0.260 e. The maximum absolute atomic E-state index is 12.2. The molecule has 2 heterocycles. The van der Waals surface area contributed by atoms with Gasteiger partial charge in [-0.05, 0) is 31.2 Å². The summed E-state index contributed by atoms with van der Waals surface area (Å²) < 4.78 is 5.14. The molecule has 1 aliphatic rings. The van der Waals surface area contributed by atoms with Gasteiger partial charge in [0.15, 0.2) is 0 Å². The zero-order valence-electron chi connectivity index (χ0n) is 11.5. The molecule has 1 saturated heterocycles. The summed E-state index contributed by atoms with van der Waals surface area (Å²) in [5.41, 5.74) is 0.572. The summed E-state index contributed by atoms with van der Waals surface area (Å²) in [6.45, 7) is 3.66. The molecule has 0 aliphatic carbocycles. The number of fused-ring (bicyclic) bond motifs is 1. The van der Waals surface area contributed by atoms with E-state index in [4.69, 9.17) is 4.74 Å². The van der Waals surface area contributed by atoms with Crippen LogP contribution in [0, 0.1) is 0 Å². The van der Waals surface area contributed by atoms with Crippen LogP contribution in [-0.2, 0) is 0 Å². The molecule has 0 spiro atoms. The molecule has 3 rings (SSSR count). The van der Waals surface area contributed by atoms with Gasteiger partial charge in [-0.2, -0.15) is 0 Å². The highest BCUT2D eigenvalue weighted by molar-refractivity contribution is 5.80. The van der Waals surface area contributed by atoms with Crippen molar-refractivity contribution in [3.8, 4) is 5.75 Å². The van der Waals surface area contributed by atoms with Crippen molar-refractivity contribution in [2.75, 3.05) is 38.2 Å². The molecule has 0 atom stereocenters. The van der Waals surface area contributed by atoms with Crippen LogP contribution >= 0.6 is 0 Å². The van der Waals surface area contributed by atoms with E-state index in [1.54, 1.807) is 13.2 Å². The topological polar surface area (TPSA) is 70.2 Å². The number of aromatic nitrogens is 2. The Morgan fingerprint density at radius 2 is 2.20 bits per heavy atom. The lowest BCUT2D eigenvalue weighted by atomic mass is 10.2. The van der Waals surface area contributed by atoms with E-state index in [9.17, 15) is 4.79 Å². The molecule has 1 aromatic carbocycles. The molecule has 106 valence electrons. The van der Waals surface area contributed by atoms with Gasteiger partial charge in [-0.1, -0.05) is 0 Å². The number of hydrogen-bond donors (Lipinski definition) is 2. The highest BCUT2D eigenvalue weighted by Crippen LogP contribution is 2.18. The Balaban J connectivity index is 2.03. The summed E-state index contributed by atoms with van der Waals surface area (Å²) in [7, 11) is 1.58. The first-order valence-corrected chi connectivity index (χ1v) is 6.81. The van der Waals surface area contributed by atoms with Crippen LogP contribution in [-0.4, -0.2) is 43.3 Å². The number of anilines is 1. The number of aromatic amines is 1. The zero-order valence-corrected chi connectivity index (χ0v) is 11.5. The molecule has 0 radical (unpaired) electrons. The lowest BCUT2D eigenvalue weighted by Crippen LogP contribution is -2.31. The number of methoxy groups -OCH3 is 1. The van der Waals surface area contributed by atoms with E-state index in [2.05, 4.69) is 20.2 Å². The highest BCUT2D eigenvalue weighted by Gasteiger charge is 2.13. The minimum Gasteiger partial charge on any atom is -0.497 e. The minimum atomic E-state index is -0.124. The van der Waals surface area contributed by atoms with Crippen LogP contribution < -0.4 is 20.5 Å². The van der Waals surface area contributed by atoms with E-state index >= 15 is 0 Å². The Hall–Kier alpha value is -2.08. The average Bonchev–Trinajstić information content (AvgIpc) is 2.76. The second-order valence-electron chi connectivity index (χ2n) is 4.86. The summed E-state index contributed by atoms with van der Waals surface area (Å²) >= 11 is 0. The first-order chi connectivity index (χ1) is 9.78. The molecule has 2 N–H and O–H groups in total. The van der Waals surface area contributed by atoms with Gasteiger partial charge in [0.2, 0.25) is 5.95 Å². The minimum absolute atomic E-state index is 0.124. The second kappa shape index (κ2) is 5.50. The van der Waals surface area contributed by atoms with Crippen LogP contribution in [0.4, 0.5) is 5.95 Å². The molecule has 1 aromatic heterocycles. The lowest BCUT2D eigenvalue weighted by Gasteiger charge is -2.20. The van der Waals surface area contributed by atoms with Crippen LogP contribution in [0.2, 0.25) is 0 Å². The van der Waals surface area contributed by atoms with E-state index < -0.39 is 0 Å². The van der Waals surface area contributed by atoms with Crippen LogP contribution in [0.25, 0.3) is 10.9 Å². The van der Waals surface area contributed by atoms with Gasteiger partial charge in [0.25, 0.3) is 5.56 Å². The third-order valence-corrected chi connectivity index (χ3v) is 3.54. The lowest BCUT2D eigenvalue weighted by molar-refractivity contribution is 0.415. The van der Waals surface area contributed by atoms with Crippen molar-refractivity contribution < 1.29 is 4.74 Å². The molecule has 1 aliphatic heterocycles. The van der Waals surface area contributed by atoms with Crippen molar-refractivity contribution in [1.29, 1.82) is 0 Å². The third-order valence-electron chi connectivity index (χ3n) is 3.54. The average molecular weight is 274 g/mol. The number of rotatable bonds is 2. The van der Waals surface area contributed by atoms with E-state index in [1.807, 2.05) is 12.1 Å². The summed E-state index contributed by atoms with van der Waals surface area (Å²) in [4.78, 5) is 21.8. The molecule has 1 fully saturated rings. The van der Waals surface area contributed by atoms with E-state index in [0.29, 0.717) is 22.6 Å². The van der Waals surface area contributed by atoms with Crippen molar-refractivity contribution in [1.82, 2.24) is 15.3 Å². The van der Waals surface area contributed by atoms with Crippen LogP contribution in [0.5, 0.6) is 5.75 Å². The molecule has 0 unspecified atom stereocenters. The van der Waals surface area contributed by atoms with Gasteiger partial charge in [-0.3, -0.25) is 9.78 Å². The monoisotopic (exact) mass is 274 g/mol. The Bertz CT molecular complexity index is 660. The molecular weight excluding hydrogens is 256 g/mol. The van der Waals surface area contributed by atoms with Crippen molar-refractivity contribution in [2.45, 2.75) is 6.42 Å². The van der Waals surface area contributed by atoms with Crippen molar-refractivity contribution in [2.24, 2.45) is 0 Å². The Morgan fingerprint density at radius 3 is 3.05 bits per heavy atom. The summed E-state index contributed by atoms with van der Waals surface area (Å²) in [5.74, 6) is 1.31. The number of hydrogen-bond acceptors (Lipinski definition) is 5. The van der Waals surface area contributed by atoms with Crippen LogP contribution in [0.15, 0.2) is 23.0 Å². The fraction of sp³-hybridized carbons (Fsp3) is 0.429. The maximum Gasteiger partial charge on any atom is 0.260 e. The Morgan fingerprint density at radius 1 is 1.30 bits per heavy atom. The van der Waals surface area contributed by atoms with E-state index in [-0.39, 0.29) is 5.56 Å². The number of H-pyrrole nitrogens is 1. The molecule has 0 bridgehead atoms. The van der Waals surface area contributed by atoms with E-state index in [0.717, 1.165) is 32.6 Å². The molecular formula is C14H18N4O2. The van der Waals surface area contributed by atoms with Gasteiger partial charge in [-0.15, -0.1) is 0 Å². The quantitative estimate of drug-likeness (QED) is 0.845.